The summed E-state index contributed by atoms with van der Waals surface area (Å²) in [5.74, 6) is 0. The van der Waals surface area contributed by atoms with Crippen LogP contribution in [-0.4, -0.2) is 58.7 Å². The summed E-state index contributed by atoms with van der Waals surface area (Å²) in [5, 5.41) is 25.8. The average molecular weight is 177 g/mol. The first kappa shape index (κ1) is 11.8. The number of likely N-dealkylation sites (tertiary alicyclic amines) is 1. The summed E-state index contributed by atoms with van der Waals surface area (Å²) in [5.41, 5.74) is 0. The van der Waals surface area contributed by atoms with E-state index in [2.05, 4.69) is 0 Å². The normalized spacial score (nSPS) is 30.2. The van der Waals surface area contributed by atoms with Gasteiger partial charge in [-0.25, -0.2) is 0 Å². The lowest BCUT2D eigenvalue weighted by molar-refractivity contribution is 0.0572. The van der Waals surface area contributed by atoms with Gasteiger partial charge in [-0.2, -0.15) is 0 Å². The zero-order chi connectivity index (χ0) is 9.72. The molecule has 0 aromatic rings. The monoisotopic (exact) mass is 177 g/mol. The van der Waals surface area contributed by atoms with Gasteiger partial charge in [0.2, 0.25) is 0 Å². The predicted octanol–water partition coefficient (Wildman–Crippen LogP) is -0.959. The second-order valence-electron chi connectivity index (χ2n) is 3.45. The van der Waals surface area contributed by atoms with Crippen LogP contribution in [0, 0.1) is 0 Å². The van der Waals surface area contributed by atoms with E-state index < -0.39 is 12.2 Å². The van der Waals surface area contributed by atoms with Gasteiger partial charge in [-0.15, -0.1) is 0 Å². The lowest BCUT2D eigenvalue weighted by atomic mass is 10.3. The van der Waals surface area contributed by atoms with E-state index in [-0.39, 0.29) is 6.10 Å². The molecule has 0 aromatic carbocycles. The van der Waals surface area contributed by atoms with Crippen LogP contribution in [0.1, 0.15) is 13.8 Å². The van der Waals surface area contributed by atoms with E-state index in [0.29, 0.717) is 13.1 Å². The predicted molar refractivity (Wildman–Crippen MR) is 46.9 cm³/mol. The van der Waals surface area contributed by atoms with Crippen molar-refractivity contribution in [3.05, 3.63) is 0 Å². The summed E-state index contributed by atoms with van der Waals surface area (Å²) in [6.45, 7) is 4.64. The van der Waals surface area contributed by atoms with Gasteiger partial charge < -0.3 is 20.2 Å². The molecule has 12 heavy (non-hydrogen) atoms. The molecule has 3 N–H and O–H groups in total. The Hall–Kier alpha value is -0.160. The first-order valence-electron chi connectivity index (χ1n) is 4.16. The quantitative estimate of drug-likeness (QED) is 0.446. The maximum atomic E-state index is 8.88. The molecule has 4 heteroatoms. The molecular weight excluding hydrogens is 158 g/mol. The van der Waals surface area contributed by atoms with Crippen molar-refractivity contribution in [1.29, 1.82) is 0 Å². The largest absolute Gasteiger partial charge is 0.394 e. The van der Waals surface area contributed by atoms with Crippen molar-refractivity contribution in [1.82, 2.24) is 4.90 Å². The number of aliphatic hydroxyl groups excluding tert-OH is 3. The third-order valence-electron chi connectivity index (χ3n) is 1.44. The number of likely N-dealkylation sites (N-methyl/N-ethyl adjacent to an activating group) is 1. The van der Waals surface area contributed by atoms with Crippen molar-refractivity contribution in [2.45, 2.75) is 32.2 Å². The minimum Gasteiger partial charge on any atom is -0.394 e. The van der Waals surface area contributed by atoms with E-state index in [0.717, 1.165) is 0 Å². The van der Waals surface area contributed by atoms with Gasteiger partial charge in [0.25, 0.3) is 0 Å². The molecule has 2 unspecified atom stereocenters. The van der Waals surface area contributed by atoms with Crippen LogP contribution in [-0.2, 0) is 0 Å². The molecule has 2 atom stereocenters. The highest BCUT2D eigenvalue weighted by Gasteiger charge is 2.26. The molecule has 1 aliphatic rings. The Kier molecular flexibility index (Phi) is 5.41. The van der Waals surface area contributed by atoms with Crippen molar-refractivity contribution in [2.24, 2.45) is 0 Å². The molecule has 0 aliphatic carbocycles. The first-order valence-corrected chi connectivity index (χ1v) is 4.16. The second kappa shape index (κ2) is 5.48. The molecule has 0 saturated carbocycles. The second-order valence-corrected chi connectivity index (χ2v) is 3.45. The van der Waals surface area contributed by atoms with Gasteiger partial charge >= 0.3 is 0 Å². The van der Waals surface area contributed by atoms with Gasteiger partial charge in [0, 0.05) is 19.2 Å². The number of hydrogen-bond donors (Lipinski definition) is 3. The molecule has 1 fully saturated rings. The molecular formula is C8H19NO3. The van der Waals surface area contributed by atoms with Crippen LogP contribution >= 0.6 is 0 Å². The smallest absolute Gasteiger partial charge is 0.0938 e. The molecule has 0 bridgehead atoms. The summed E-state index contributed by atoms with van der Waals surface area (Å²) < 4.78 is 0. The summed E-state index contributed by atoms with van der Waals surface area (Å²) >= 11 is 0. The summed E-state index contributed by atoms with van der Waals surface area (Å²) in [6, 6.07) is 0. The topological polar surface area (TPSA) is 63.9 Å². The summed E-state index contributed by atoms with van der Waals surface area (Å²) in [6.07, 6.45) is -1.22. The van der Waals surface area contributed by atoms with Gasteiger partial charge in [-0.3, -0.25) is 0 Å². The maximum Gasteiger partial charge on any atom is 0.0938 e. The lowest BCUT2D eigenvalue weighted by Crippen LogP contribution is -2.22. The van der Waals surface area contributed by atoms with Crippen molar-refractivity contribution < 1.29 is 15.3 Å². The Morgan fingerprint density at radius 1 is 1.17 bits per heavy atom. The van der Waals surface area contributed by atoms with Crippen LogP contribution in [0.15, 0.2) is 0 Å². The Morgan fingerprint density at radius 2 is 1.42 bits per heavy atom. The minimum atomic E-state index is -0.528. The number of aliphatic hydroxyl groups is 3. The van der Waals surface area contributed by atoms with Gasteiger partial charge in [-0.1, -0.05) is 0 Å². The average Bonchev–Trinajstić information content (AvgIpc) is 2.08. The molecule has 1 aliphatic heterocycles. The summed E-state index contributed by atoms with van der Waals surface area (Å²) in [7, 11) is 1.87. The number of hydrogen-bond acceptors (Lipinski definition) is 4. The van der Waals surface area contributed by atoms with Crippen LogP contribution < -0.4 is 0 Å². The fourth-order valence-corrected chi connectivity index (χ4v) is 0.957. The third kappa shape index (κ3) is 5.49. The third-order valence-corrected chi connectivity index (χ3v) is 1.44. The van der Waals surface area contributed by atoms with E-state index >= 15 is 0 Å². The van der Waals surface area contributed by atoms with Crippen LogP contribution in [0.2, 0.25) is 0 Å². The van der Waals surface area contributed by atoms with E-state index in [1.54, 1.807) is 13.8 Å². The van der Waals surface area contributed by atoms with Gasteiger partial charge in [0.05, 0.1) is 12.2 Å². The van der Waals surface area contributed by atoms with E-state index in [1.807, 2.05) is 11.9 Å². The fraction of sp³-hybridized carbons (Fsp3) is 1.00. The molecule has 1 saturated heterocycles. The molecule has 1 heterocycles. The van der Waals surface area contributed by atoms with Gasteiger partial charge in [0.1, 0.15) is 0 Å². The van der Waals surface area contributed by atoms with Crippen LogP contribution in [0.5, 0.6) is 0 Å². The molecule has 0 aromatic heterocycles. The zero-order valence-corrected chi connectivity index (χ0v) is 7.94. The highest BCUT2D eigenvalue weighted by atomic mass is 16.3. The van der Waals surface area contributed by atoms with Crippen LogP contribution in [0.4, 0.5) is 0 Å². The molecule has 0 radical (unpaired) electrons. The fourth-order valence-electron chi connectivity index (χ4n) is 0.957. The lowest BCUT2D eigenvalue weighted by Gasteiger charge is -2.02. The molecule has 74 valence electrons. The van der Waals surface area contributed by atoms with Crippen LogP contribution in [0.3, 0.4) is 0 Å². The maximum absolute atomic E-state index is 8.88. The molecule has 1 rings (SSSR count). The van der Waals surface area contributed by atoms with Gasteiger partial charge in [-0.05, 0) is 20.9 Å². The molecule has 0 spiro atoms. The van der Waals surface area contributed by atoms with Crippen molar-refractivity contribution in [2.75, 3.05) is 20.1 Å². The Labute approximate surface area is 73.4 Å². The standard InChI is InChI=1S/C5H11NO2.C3H8O/c1-6-2-4(7)5(8)3-6;1-3(2)4/h4-5,7-8H,2-3H2,1H3;3-4H,1-2H3. The van der Waals surface area contributed by atoms with Crippen molar-refractivity contribution >= 4 is 0 Å². The first-order chi connectivity index (χ1) is 5.43. The van der Waals surface area contributed by atoms with Crippen LogP contribution in [0.25, 0.3) is 0 Å². The van der Waals surface area contributed by atoms with Crippen molar-refractivity contribution in [3.8, 4) is 0 Å². The summed E-state index contributed by atoms with van der Waals surface area (Å²) in [4.78, 5) is 1.90. The number of β-amino-alcohol motifs (C(OH)–C–C–N with tert-alkyl or cyclic N) is 2. The minimum absolute atomic E-state index is 0.167. The van der Waals surface area contributed by atoms with Crippen molar-refractivity contribution in [3.63, 3.8) is 0 Å². The SMILES string of the molecule is CC(C)O.CN1CC(O)C(O)C1. The number of nitrogens with zero attached hydrogens (tertiary/aromatic N) is 1. The van der Waals surface area contributed by atoms with E-state index in [9.17, 15) is 0 Å². The molecule has 0 amide bonds. The zero-order valence-electron chi connectivity index (χ0n) is 7.94. The van der Waals surface area contributed by atoms with E-state index in [1.165, 1.54) is 0 Å². The highest BCUT2D eigenvalue weighted by Crippen LogP contribution is 2.05. The highest BCUT2D eigenvalue weighted by molar-refractivity contribution is 4.80. The Morgan fingerprint density at radius 3 is 1.50 bits per heavy atom. The Bertz CT molecular complexity index is 106. The molecule has 4 nitrogen and oxygen atoms in total. The number of rotatable bonds is 0. The Balaban J connectivity index is 0.000000261. The van der Waals surface area contributed by atoms with Gasteiger partial charge in [0.15, 0.2) is 0 Å². The van der Waals surface area contributed by atoms with E-state index in [4.69, 9.17) is 15.3 Å².